The topological polar surface area (TPSA) is 57.7 Å². The van der Waals surface area contributed by atoms with Crippen LogP contribution >= 0.6 is 11.8 Å². The summed E-state index contributed by atoms with van der Waals surface area (Å²) in [5.41, 5.74) is 2.43. The molecule has 6 heteroatoms. The van der Waals surface area contributed by atoms with Crippen LogP contribution in [0.5, 0.6) is 0 Å². The average Bonchev–Trinajstić information content (AvgIpc) is 2.77. The summed E-state index contributed by atoms with van der Waals surface area (Å²) in [6, 6.07) is 15.1. The van der Waals surface area contributed by atoms with Gasteiger partial charge in [0.25, 0.3) is 0 Å². The van der Waals surface area contributed by atoms with Crippen molar-refractivity contribution in [3.8, 4) is 0 Å². The predicted molar refractivity (Wildman–Crippen MR) is 117 cm³/mol. The van der Waals surface area contributed by atoms with Crippen molar-refractivity contribution < 1.29 is 14.4 Å². The molecule has 0 aliphatic carbocycles. The summed E-state index contributed by atoms with van der Waals surface area (Å²) in [5.74, 6) is 0.0996. The van der Waals surface area contributed by atoms with E-state index >= 15 is 0 Å². The molecule has 0 unspecified atom stereocenters. The second kappa shape index (κ2) is 9.74. The van der Waals surface area contributed by atoms with Crippen LogP contribution in [-0.4, -0.2) is 54.8 Å². The lowest BCUT2D eigenvalue weighted by Gasteiger charge is -2.36. The number of rotatable bonds is 7. The Labute approximate surface area is 176 Å². The number of Topliss-reactive ketones (excluding diaryl/α,β-unsaturated/α-hetero) is 2. The number of amides is 1. The molecule has 1 fully saturated rings. The standard InChI is InChI=1S/C23H26N2O3S/c1-17(26)18-3-7-20(8-4-18)24-13-15-25(16-14-24)23(28)12-11-22(27)19-5-9-21(29-2)10-6-19/h3-10H,11-16H2,1-2H3. The van der Waals surface area contributed by atoms with E-state index in [2.05, 4.69) is 4.90 Å². The molecule has 0 N–H and O–H groups in total. The summed E-state index contributed by atoms with van der Waals surface area (Å²) in [7, 11) is 0. The van der Waals surface area contributed by atoms with E-state index in [1.165, 1.54) is 0 Å². The van der Waals surface area contributed by atoms with Crippen LogP contribution in [0.3, 0.4) is 0 Å². The van der Waals surface area contributed by atoms with Gasteiger partial charge in [-0.3, -0.25) is 14.4 Å². The molecule has 29 heavy (non-hydrogen) atoms. The monoisotopic (exact) mass is 410 g/mol. The van der Waals surface area contributed by atoms with E-state index in [0.29, 0.717) is 24.2 Å². The van der Waals surface area contributed by atoms with E-state index in [4.69, 9.17) is 0 Å². The summed E-state index contributed by atoms with van der Waals surface area (Å²) >= 11 is 1.64. The Hall–Kier alpha value is -2.60. The Kier molecular flexibility index (Phi) is 7.09. The third kappa shape index (κ3) is 5.48. The van der Waals surface area contributed by atoms with Crippen molar-refractivity contribution in [2.24, 2.45) is 0 Å². The van der Waals surface area contributed by atoms with Gasteiger partial charge in [0.15, 0.2) is 11.6 Å². The maximum atomic E-state index is 12.5. The van der Waals surface area contributed by atoms with Crippen molar-refractivity contribution in [3.05, 3.63) is 59.7 Å². The zero-order chi connectivity index (χ0) is 20.8. The number of carbonyl (C=O) groups excluding carboxylic acids is 3. The van der Waals surface area contributed by atoms with Gasteiger partial charge >= 0.3 is 0 Å². The number of hydrogen-bond donors (Lipinski definition) is 0. The fraction of sp³-hybridized carbons (Fsp3) is 0.348. The second-order valence-corrected chi connectivity index (χ2v) is 8.00. The van der Waals surface area contributed by atoms with Crippen molar-refractivity contribution in [2.75, 3.05) is 37.3 Å². The van der Waals surface area contributed by atoms with E-state index in [1.54, 1.807) is 18.7 Å². The first-order chi connectivity index (χ1) is 14.0. The minimum Gasteiger partial charge on any atom is -0.368 e. The van der Waals surface area contributed by atoms with Gasteiger partial charge in [-0.25, -0.2) is 0 Å². The highest BCUT2D eigenvalue weighted by Crippen LogP contribution is 2.19. The van der Waals surface area contributed by atoms with Gasteiger partial charge in [0, 0.05) is 60.7 Å². The first-order valence-electron chi connectivity index (χ1n) is 9.79. The normalized spacial score (nSPS) is 14.0. The molecule has 0 atom stereocenters. The van der Waals surface area contributed by atoms with Crippen molar-refractivity contribution in [3.63, 3.8) is 0 Å². The van der Waals surface area contributed by atoms with Crippen LogP contribution in [0.15, 0.2) is 53.4 Å². The molecule has 1 heterocycles. The maximum absolute atomic E-state index is 12.5. The fourth-order valence-corrected chi connectivity index (χ4v) is 3.83. The van der Waals surface area contributed by atoms with Gasteiger partial charge in [-0.15, -0.1) is 11.8 Å². The van der Waals surface area contributed by atoms with E-state index in [1.807, 2.05) is 59.7 Å². The highest BCUT2D eigenvalue weighted by molar-refractivity contribution is 7.98. The SMILES string of the molecule is CSc1ccc(C(=O)CCC(=O)N2CCN(c3ccc(C(C)=O)cc3)CC2)cc1. The molecule has 1 amide bonds. The van der Waals surface area contributed by atoms with E-state index in [9.17, 15) is 14.4 Å². The maximum Gasteiger partial charge on any atom is 0.223 e. The molecular formula is C23H26N2O3S. The molecule has 2 aromatic carbocycles. The van der Waals surface area contributed by atoms with Gasteiger partial charge in [0.1, 0.15) is 0 Å². The molecule has 152 valence electrons. The summed E-state index contributed by atoms with van der Waals surface area (Å²) < 4.78 is 0. The van der Waals surface area contributed by atoms with Crippen molar-refractivity contribution in [2.45, 2.75) is 24.7 Å². The zero-order valence-electron chi connectivity index (χ0n) is 16.9. The lowest BCUT2D eigenvalue weighted by molar-refractivity contribution is -0.131. The van der Waals surface area contributed by atoms with Crippen LogP contribution < -0.4 is 4.90 Å². The third-order valence-corrected chi connectivity index (χ3v) is 5.99. The van der Waals surface area contributed by atoms with Gasteiger partial charge < -0.3 is 9.80 Å². The van der Waals surface area contributed by atoms with Gasteiger partial charge in [-0.05, 0) is 49.6 Å². The number of ketones is 2. The first-order valence-corrected chi connectivity index (χ1v) is 11.0. The molecular weight excluding hydrogens is 384 g/mol. The Morgan fingerprint density at radius 1 is 0.828 bits per heavy atom. The second-order valence-electron chi connectivity index (χ2n) is 7.12. The van der Waals surface area contributed by atoms with Gasteiger partial charge in [0.05, 0.1) is 0 Å². The molecule has 1 aliphatic heterocycles. The van der Waals surface area contributed by atoms with Gasteiger partial charge in [-0.2, -0.15) is 0 Å². The number of hydrogen-bond acceptors (Lipinski definition) is 5. The van der Waals surface area contributed by atoms with Crippen LogP contribution in [-0.2, 0) is 4.79 Å². The Bertz CT molecular complexity index is 870. The number of piperazine rings is 1. The molecule has 0 saturated carbocycles. The van der Waals surface area contributed by atoms with Crippen molar-refractivity contribution >= 4 is 34.9 Å². The quantitative estimate of drug-likeness (QED) is 0.511. The zero-order valence-corrected chi connectivity index (χ0v) is 17.7. The van der Waals surface area contributed by atoms with E-state index in [0.717, 1.165) is 23.7 Å². The largest absolute Gasteiger partial charge is 0.368 e. The Morgan fingerprint density at radius 3 is 1.97 bits per heavy atom. The molecule has 0 aromatic heterocycles. The summed E-state index contributed by atoms with van der Waals surface area (Å²) in [4.78, 5) is 41.4. The van der Waals surface area contributed by atoms with Crippen molar-refractivity contribution in [1.82, 2.24) is 4.90 Å². The molecule has 3 rings (SSSR count). The lowest BCUT2D eigenvalue weighted by atomic mass is 10.1. The number of benzene rings is 2. The smallest absolute Gasteiger partial charge is 0.223 e. The van der Waals surface area contributed by atoms with Crippen LogP contribution in [0, 0.1) is 0 Å². The summed E-state index contributed by atoms with van der Waals surface area (Å²) in [6.45, 7) is 4.34. The minimum absolute atomic E-state index is 0.00944. The average molecular weight is 411 g/mol. The number of carbonyl (C=O) groups is 3. The summed E-state index contributed by atoms with van der Waals surface area (Å²) in [6.07, 6.45) is 2.48. The van der Waals surface area contributed by atoms with E-state index in [-0.39, 0.29) is 30.3 Å². The van der Waals surface area contributed by atoms with Crippen LogP contribution in [0.4, 0.5) is 5.69 Å². The molecule has 0 spiro atoms. The Morgan fingerprint density at radius 2 is 1.41 bits per heavy atom. The van der Waals surface area contributed by atoms with Gasteiger partial charge in [0.2, 0.25) is 5.91 Å². The predicted octanol–water partition coefficient (Wildman–Crippen LogP) is 3.92. The van der Waals surface area contributed by atoms with Crippen LogP contribution in [0.25, 0.3) is 0 Å². The van der Waals surface area contributed by atoms with Crippen molar-refractivity contribution in [1.29, 1.82) is 0 Å². The minimum atomic E-state index is 0.00944. The Balaban J connectivity index is 1.46. The summed E-state index contributed by atoms with van der Waals surface area (Å²) in [5, 5.41) is 0. The third-order valence-electron chi connectivity index (χ3n) is 5.25. The highest BCUT2D eigenvalue weighted by Gasteiger charge is 2.22. The fourth-order valence-electron chi connectivity index (χ4n) is 3.42. The molecule has 0 radical (unpaired) electrons. The number of thioether (sulfide) groups is 1. The highest BCUT2D eigenvalue weighted by atomic mass is 32.2. The molecule has 2 aromatic rings. The first kappa shape index (κ1) is 21.1. The molecule has 0 bridgehead atoms. The number of nitrogens with zero attached hydrogens (tertiary/aromatic N) is 2. The number of anilines is 1. The van der Waals surface area contributed by atoms with Crippen LogP contribution in [0.2, 0.25) is 0 Å². The van der Waals surface area contributed by atoms with E-state index < -0.39 is 0 Å². The molecule has 1 saturated heterocycles. The van der Waals surface area contributed by atoms with Gasteiger partial charge in [-0.1, -0.05) is 12.1 Å². The molecule has 1 aliphatic rings. The lowest BCUT2D eigenvalue weighted by Crippen LogP contribution is -2.48. The van der Waals surface area contributed by atoms with Crippen LogP contribution in [0.1, 0.15) is 40.5 Å². The molecule has 5 nitrogen and oxygen atoms in total.